The Bertz CT molecular complexity index is 946. The van der Waals surface area contributed by atoms with Crippen molar-refractivity contribution in [1.29, 1.82) is 0 Å². The van der Waals surface area contributed by atoms with E-state index in [4.69, 9.17) is 16.3 Å². The van der Waals surface area contributed by atoms with Crippen molar-refractivity contribution in [2.24, 2.45) is 0 Å². The van der Waals surface area contributed by atoms with Gasteiger partial charge in [-0.15, -0.1) is 10.2 Å². The molecule has 152 valence electrons. The monoisotopic (exact) mass is 493 g/mol. The fourth-order valence-electron chi connectivity index (χ4n) is 2.73. The number of nitrogens with zero attached hydrogens (tertiary/aromatic N) is 3. The average molecular weight is 495 g/mol. The number of hydrogen-bond acceptors (Lipinski definition) is 5. The third kappa shape index (κ3) is 6.15. The van der Waals surface area contributed by atoms with Gasteiger partial charge in [-0.3, -0.25) is 4.79 Å². The SMILES string of the molecule is CCOCCCn1c(SCC(=O)c2ccc(Br)cc2)nnc1-c1ccc(Cl)cc1. The van der Waals surface area contributed by atoms with Crippen LogP contribution in [-0.4, -0.2) is 39.5 Å². The Labute approximate surface area is 187 Å². The molecule has 0 bridgehead atoms. The molecule has 8 heteroatoms. The lowest BCUT2D eigenvalue weighted by atomic mass is 10.2. The summed E-state index contributed by atoms with van der Waals surface area (Å²) < 4.78 is 8.45. The number of Topliss-reactive ketones (excluding diaryl/α,β-unsaturated/α-hetero) is 1. The third-order valence-corrected chi connectivity index (χ3v) is 5.94. The van der Waals surface area contributed by atoms with E-state index in [1.807, 2.05) is 60.0 Å². The minimum absolute atomic E-state index is 0.0550. The quantitative estimate of drug-likeness (QED) is 0.204. The van der Waals surface area contributed by atoms with Gasteiger partial charge in [0.1, 0.15) is 0 Å². The van der Waals surface area contributed by atoms with Crippen molar-refractivity contribution in [2.45, 2.75) is 25.0 Å². The van der Waals surface area contributed by atoms with Crippen molar-refractivity contribution in [3.8, 4) is 11.4 Å². The molecule has 3 aromatic rings. The molecule has 0 N–H and O–H groups in total. The molecule has 2 aromatic carbocycles. The Hall–Kier alpha value is -1.67. The van der Waals surface area contributed by atoms with Crippen molar-refractivity contribution in [2.75, 3.05) is 19.0 Å². The van der Waals surface area contributed by atoms with E-state index >= 15 is 0 Å². The van der Waals surface area contributed by atoms with Gasteiger partial charge in [-0.1, -0.05) is 51.4 Å². The highest BCUT2D eigenvalue weighted by Crippen LogP contribution is 2.26. The number of rotatable bonds is 10. The maximum atomic E-state index is 12.5. The van der Waals surface area contributed by atoms with Gasteiger partial charge in [-0.25, -0.2) is 0 Å². The molecule has 0 spiro atoms. The molecule has 29 heavy (non-hydrogen) atoms. The lowest BCUT2D eigenvalue weighted by Gasteiger charge is -2.10. The number of ketones is 1. The fourth-order valence-corrected chi connectivity index (χ4v) is 3.98. The molecule has 0 fully saturated rings. The molecule has 0 radical (unpaired) electrons. The number of benzene rings is 2. The van der Waals surface area contributed by atoms with Crippen molar-refractivity contribution < 1.29 is 9.53 Å². The summed E-state index contributed by atoms with van der Waals surface area (Å²) in [6, 6.07) is 14.9. The summed E-state index contributed by atoms with van der Waals surface area (Å²) in [7, 11) is 0. The van der Waals surface area contributed by atoms with Crippen LogP contribution in [0.1, 0.15) is 23.7 Å². The fraction of sp³-hybridized carbons (Fsp3) is 0.286. The minimum Gasteiger partial charge on any atom is -0.382 e. The maximum Gasteiger partial charge on any atom is 0.191 e. The molecule has 0 saturated carbocycles. The molecular weight excluding hydrogens is 474 g/mol. The number of thioether (sulfide) groups is 1. The highest BCUT2D eigenvalue weighted by Gasteiger charge is 2.16. The van der Waals surface area contributed by atoms with Crippen LogP contribution >= 0.6 is 39.3 Å². The first-order valence-corrected chi connectivity index (χ1v) is 11.4. The van der Waals surface area contributed by atoms with E-state index in [2.05, 4.69) is 26.1 Å². The van der Waals surface area contributed by atoms with E-state index in [1.54, 1.807) is 0 Å². The number of hydrogen-bond donors (Lipinski definition) is 0. The van der Waals surface area contributed by atoms with Gasteiger partial charge in [0.05, 0.1) is 5.75 Å². The van der Waals surface area contributed by atoms with E-state index in [9.17, 15) is 4.79 Å². The molecule has 0 aliphatic carbocycles. The molecule has 0 atom stereocenters. The summed E-state index contributed by atoms with van der Waals surface area (Å²) in [5, 5.41) is 10.1. The molecule has 1 heterocycles. The summed E-state index contributed by atoms with van der Waals surface area (Å²) in [6.45, 7) is 4.04. The van der Waals surface area contributed by atoms with Crippen molar-refractivity contribution in [3.63, 3.8) is 0 Å². The second kappa shape index (κ2) is 10.9. The summed E-state index contributed by atoms with van der Waals surface area (Å²) in [5.74, 6) is 1.11. The summed E-state index contributed by atoms with van der Waals surface area (Å²) in [4.78, 5) is 12.5. The predicted molar refractivity (Wildman–Crippen MR) is 121 cm³/mol. The molecule has 0 aliphatic heterocycles. The van der Waals surface area contributed by atoms with Crippen molar-refractivity contribution in [3.05, 3.63) is 63.6 Å². The third-order valence-electron chi connectivity index (χ3n) is 4.19. The number of carbonyl (C=O) groups is 1. The molecule has 1 aromatic heterocycles. The van der Waals surface area contributed by atoms with Crippen LogP contribution in [0.4, 0.5) is 0 Å². The lowest BCUT2D eigenvalue weighted by molar-refractivity contribution is 0.102. The molecule has 0 aliphatic rings. The zero-order chi connectivity index (χ0) is 20.6. The van der Waals surface area contributed by atoms with Gasteiger partial charge < -0.3 is 9.30 Å². The second-order valence-electron chi connectivity index (χ2n) is 6.23. The number of ether oxygens (including phenoxy) is 1. The maximum absolute atomic E-state index is 12.5. The molecule has 0 amide bonds. The lowest BCUT2D eigenvalue weighted by Crippen LogP contribution is -2.08. The Morgan fingerprint density at radius 2 is 1.86 bits per heavy atom. The van der Waals surface area contributed by atoms with Crippen LogP contribution in [0, 0.1) is 0 Å². The molecule has 5 nitrogen and oxygen atoms in total. The first kappa shape index (κ1) is 22.0. The van der Waals surface area contributed by atoms with Gasteiger partial charge in [0.25, 0.3) is 0 Å². The van der Waals surface area contributed by atoms with Crippen LogP contribution in [0.25, 0.3) is 11.4 Å². The Balaban J connectivity index is 1.76. The smallest absolute Gasteiger partial charge is 0.191 e. The van der Waals surface area contributed by atoms with Crippen molar-refractivity contribution >= 4 is 45.1 Å². The Kier molecular flexibility index (Phi) is 8.29. The highest BCUT2D eigenvalue weighted by molar-refractivity contribution is 9.10. The first-order valence-electron chi connectivity index (χ1n) is 9.27. The Morgan fingerprint density at radius 3 is 2.55 bits per heavy atom. The van der Waals surface area contributed by atoms with Gasteiger partial charge in [-0.05, 0) is 49.7 Å². The Morgan fingerprint density at radius 1 is 1.14 bits per heavy atom. The first-order chi connectivity index (χ1) is 14.1. The standard InChI is InChI=1S/C21H21BrClN3O2S/c1-2-28-13-3-12-26-20(16-6-10-18(23)11-7-16)24-25-21(26)29-14-19(27)15-4-8-17(22)9-5-15/h4-11H,2-3,12-14H2,1H3. The summed E-state index contributed by atoms with van der Waals surface area (Å²) >= 11 is 10.8. The predicted octanol–water partition coefficient (Wildman–Crippen LogP) is 5.76. The molecule has 0 unspecified atom stereocenters. The molecule has 0 saturated heterocycles. The van der Waals surface area contributed by atoms with Gasteiger partial charge in [0, 0.05) is 40.4 Å². The summed E-state index contributed by atoms with van der Waals surface area (Å²) in [5.41, 5.74) is 1.62. The number of halogens is 2. The van der Waals surface area contributed by atoms with Gasteiger partial charge in [0.15, 0.2) is 16.8 Å². The molecular formula is C21H21BrClN3O2S. The minimum atomic E-state index is 0.0550. The number of carbonyl (C=O) groups excluding carboxylic acids is 1. The van der Waals surface area contributed by atoms with Gasteiger partial charge in [-0.2, -0.15) is 0 Å². The summed E-state index contributed by atoms with van der Waals surface area (Å²) in [6.07, 6.45) is 0.834. The average Bonchev–Trinajstić information content (AvgIpc) is 3.13. The molecule has 3 rings (SSSR count). The van der Waals surface area contributed by atoms with E-state index in [-0.39, 0.29) is 5.78 Å². The van der Waals surface area contributed by atoms with Crippen LogP contribution < -0.4 is 0 Å². The van der Waals surface area contributed by atoms with Crippen molar-refractivity contribution in [1.82, 2.24) is 14.8 Å². The van der Waals surface area contributed by atoms with E-state index in [1.165, 1.54) is 11.8 Å². The van der Waals surface area contributed by atoms with Crippen LogP contribution in [-0.2, 0) is 11.3 Å². The van der Waals surface area contributed by atoms with Gasteiger partial charge in [0.2, 0.25) is 0 Å². The zero-order valence-corrected chi connectivity index (χ0v) is 19.1. The largest absolute Gasteiger partial charge is 0.382 e. The normalized spacial score (nSPS) is 11.0. The zero-order valence-electron chi connectivity index (χ0n) is 16.0. The van der Waals surface area contributed by atoms with Crippen LogP contribution in [0.15, 0.2) is 58.2 Å². The number of aromatic nitrogens is 3. The topological polar surface area (TPSA) is 57.0 Å². The highest BCUT2D eigenvalue weighted by atomic mass is 79.9. The van der Waals surface area contributed by atoms with Gasteiger partial charge >= 0.3 is 0 Å². The van der Waals surface area contributed by atoms with E-state index in [0.29, 0.717) is 36.1 Å². The van der Waals surface area contributed by atoms with E-state index < -0.39 is 0 Å². The van der Waals surface area contributed by atoms with Crippen LogP contribution in [0.5, 0.6) is 0 Å². The van der Waals surface area contributed by atoms with Crippen LogP contribution in [0.3, 0.4) is 0 Å². The van der Waals surface area contributed by atoms with E-state index in [0.717, 1.165) is 27.4 Å². The second-order valence-corrected chi connectivity index (χ2v) is 8.53. The van der Waals surface area contributed by atoms with Crippen LogP contribution in [0.2, 0.25) is 5.02 Å².